The lowest BCUT2D eigenvalue weighted by atomic mass is 10.2. The van der Waals surface area contributed by atoms with Crippen LogP contribution in [0, 0.1) is 0 Å². The number of hydrogen-bond acceptors (Lipinski definition) is 8. The summed E-state index contributed by atoms with van der Waals surface area (Å²) >= 11 is 0. The number of ether oxygens (including phenoxy) is 3. The highest BCUT2D eigenvalue weighted by Gasteiger charge is 2.25. The van der Waals surface area contributed by atoms with Crippen LogP contribution in [0.25, 0.3) is 10.9 Å². The Kier molecular flexibility index (Phi) is 10.2. The molecule has 0 atom stereocenters. The van der Waals surface area contributed by atoms with Gasteiger partial charge >= 0.3 is 0 Å². The Morgan fingerprint density at radius 3 is 2.55 bits per heavy atom. The molecule has 1 aromatic carbocycles. The molecule has 3 N–H and O–H groups in total. The van der Waals surface area contributed by atoms with E-state index in [1.54, 1.807) is 7.11 Å². The summed E-state index contributed by atoms with van der Waals surface area (Å²) in [6.07, 6.45) is 1.82. The van der Waals surface area contributed by atoms with Gasteiger partial charge in [0.15, 0.2) is 5.82 Å². The van der Waals surface area contributed by atoms with Crippen LogP contribution in [0.3, 0.4) is 0 Å². The number of aromatic amines is 1. The van der Waals surface area contributed by atoms with Crippen molar-refractivity contribution in [2.24, 2.45) is 0 Å². The number of H-pyrrole nitrogens is 1. The average molecular weight is 525 g/mol. The highest BCUT2D eigenvalue weighted by molar-refractivity contribution is 5.98. The van der Waals surface area contributed by atoms with Gasteiger partial charge in [-0.1, -0.05) is 0 Å². The maximum atomic E-state index is 13.3. The zero-order chi connectivity index (χ0) is 26.7. The topological polar surface area (TPSA) is 104 Å². The quantitative estimate of drug-likeness (QED) is 0.276. The number of benzene rings is 1. The van der Waals surface area contributed by atoms with Crippen molar-refractivity contribution in [3.8, 4) is 0 Å². The Hall–Kier alpha value is -3.34. The van der Waals surface area contributed by atoms with E-state index in [1.165, 1.54) is 0 Å². The van der Waals surface area contributed by atoms with E-state index < -0.39 is 0 Å². The number of aromatic nitrogens is 2. The first-order valence-electron chi connectivity index (χ1n) is 13.3. The zero-order valence-corrected chi connectivity index (χ0v) is 22.7. The summed E-state index contributed by atoms with van der Waals surface area (Å²) in [5, 5.41) is 7.85. The van der Waals surface area contributed by atoms with Crippen molar-refractivity contribution in [1.29, 1.82) is 0 Å². The number of nitrogens with one attached hydrogen (secondary N) is 3. The van der Waals surface area contributed by atoms with Crippen molar-refractivity contribution in [3.63, 3.8) is 0 Å². The number of nitrogens with zero attached hydrogens (tertiary/aromatic N) is 3. The van der Waals surface area contributed by atoms with Gasteiger partial charge in [-0.05, 0) is 50.2 Å². The predicted molar refractivity (Wildman–Crippen MR) is 151 cm³/mol. The molecule has 1 aliphatic rings. The van der Waals surface area contributed by atoms with Crippen molar-refractivity contribution < 1.29 is 19.0 Å². The van der Waals surface area contributed by atoms with Crippen LogP contribution in [0.5, 0.6) is 0 Å². The van der Waals surface area contributed by atoms with E-state index >= 15 is 0 Å². The first-order chi connectivity index (χ1) is 18.5. The van der Waals surface area contributed by atoms with E-state index in [2.05, 4.69) is 51.5 Å². The van der Waals surface area contributed by atoms with Crippen LogP contribution in [0.2, 0.25) is 0 Å². The zero-order valence-electron chi connectivity index (χ0n) is 22.7. The summed E-state index contributed by atoms with van der Waals surface area (Å²) < 4.78 is 15.9. The van der Waals surface area contributed by atoms with Crippen molar-refractivity contribution in [3.05, 3.63) is 48.3 Å². The number of methoxy groups -OCH3 is 1. The third-order valence-electron chi connectivity index (χ3n) is 6.33. The Morgan fingerprint density at radius 2 is 1.79 bits per heavy atom. The van der Waals surface area contributed by atoms with Gasteiger partial charge < -0.3 is 39.6 Å². The van der Waals surface area contributed by atoms with Crippen LogP contribution >= 0.6 is 0 Å². The summed E-state index contributed by atoms with van der Waals surface area (Å²) in [5.41, 5.74) is 3.58. The van der Waals surface area contributed by atoms with Crippen molar-refractivity contribution in [2.75, 3.05) is 88.4 Å². The van der Waals surface area contributed by atoms with Gasteiger partial charge in [0.1, 0.15) is 5.69 Å². The van der Waals surface area contributed by atoms with Gasteiger partial charge in [-0.2, -0.15) is 0 Å². The van der Waals surface area contributed by atoms with E-state index in [0.29, 0.717) is 64.4 Å². The Morgan fingerprint density at radius 1 is 1.03 bits per heavy atom. The molecule has 2 aromatic heterocycles. The van der Waals surface area contributed by atoms with Gasteiger partial charge in [0, 0.05) is 68.7 Å². The smallest absolute Gasteiger partial charge is 0.270 e. The van der Waals surface area contributed by atoms with E-state index in [9.17, 15) is 4.79 Å². The molecule has 1 fully saturated rings. The first kappa shape index (κ1) is 27.7. The summed E-state index contributed by atoms with van der Waals surface area (Å²) in [4.78, 5) is 25.3. The maximum Gasteiger partial charge on any atom is 0.270 e. The Labute approximate surface area is 224 Å². The van der Waals surface area contributed by atoms with Crippen LogP contribution in [0.15, 0.2) is 42.6 Å². The third kappa shape index (κ3) is 7.59. The minimum absolute atomic E-state index is 0.0260. The molecule has 3 heterocycles. The van der Waals surface area contributed by atoms with Gasteiger partial charge in [-0.15, -0.1) is 0 Å². The molecule has 1 aliphatic heterocycles. The molecule has 10 heteroatoms. The number of fused-ring (bicyclic) bond motifs is 1. The fourth-order valence-electron chi connectivity index (χ4n) is 4.45. The molecular formula is C28H40N6O4. The fraction of sp³-hybridized carbons (Fsp3) is 0.500. The van der Waals surface area contributed by atoms with E-state index in [-0.39, 0.29) is 5.91 Å². The molecular weight excluding hydrogens is 484 g/mol. The summed E-state index contributed by atoms with van der Waals surface area (Å²) in [5.74, 6) is 0.970. The van der Waals surface area contributed by atoms with Gasteiger partial charge in [0.2, 0.25) is 0 Å². The van der Waals surface area contributed by atoms with E-state index in [0.717, 1.165) is 41.2 Å². The van der Waals surface area contributed by atoms with Gasteiger partial charge in [0.25, 0.3) is 5.91 Å². The summed E-state index contributed by atoms with van der Waals surface area (Å²) in [6, 6.07) is 12.3. The van der Waals surface area contributed by atoms with Gasteiger partial charge in [0.05, 0.1) is 38.7 Å². The number of carbonyl (C=O) groups excluding carboxylic acids is 1. The second-order valence-corrected chi connectivity index (χ2v) is 9.58. The molecule has 4 rings (SSSR count). The standard InChI is InChI=1S/C28H40N6O4/c1-21(2)31-25-5-4-8-30-27(25)33-10-12-34(13-11-33)28(35)26-20-22-19-23(6-7-24(22)32-26)29-9-14-37-17-18-38-16-15-36-3/h4-8,19-21,29,31-32H,9-18H2,1-3H3. The molecule has 0 aliphatic carbocycles. The molecule has 0 radical (unpaired) electrons. The number of carbonyl (C=O) groups is 1. The lowest BCUT2D eigenvalue weighted by Gasteiger charge is -2.36. The molecule has 0 unspecified atom stereocenters. The molecule has 0 spiro atoms. The summed E-state index contributed by atoms with van der Waals surface area (Å²) in [6.45, 7) is 10.6. The molecule has 0 bridgehead atoms. The maximum absolute atomic E-state index is 13.3. The monoisotopic (exact) mass is 524 g/mol. The van der Waals surface area contributed by atoms with E-state index in [1.807, 2.05) is 35.4 Å². The molecule has 1 saturated heterocycles. The van der Waals surface area contributed by atoms with Gasteiger partial charge in [-0.3, -0.25) is 4.79 Å². The van der Waals surface area contributed by atoms with Crippen LogP contribution in [-0.2, 0) is 14.2 Å². The Balaban J connectivity index is 1.26. The number of hydrogen-bond donors (Lipinski definition) is 3. The van der Waals surface area contributed by atoms with Crippen molar-refractivity contribution in [1.82, 2.24) is 14.9 Å². The largest absolute Gasteiger partial charge is 0.383 e. The fourth-order valence-corrected chi connectivity index (χ4v) is 4.45. The first-order valence-corrected chi connectivity index (χ1v) is 13.3. The predicted octanol–water partition coefficient (Wildman–Crippen LogP) is 3.44. The molecule has 38 heavy (non-hydrogen) atoms. The SMILES string of the molecule is COCCOCCOCCNc1ccc2[nH]c(C(=O)N3CCN(c4ncccc4NC(C)C)CC3)cc2c1. The molecule has 10 nitrogen and oxygen atoms in total. The highest BCUT2D eigenvalue weighted by atomic mass is 16.5. The minimum Gasteiger partial charge on any atom is -0.383 e. The molecule has 0 saturated carbocycles. The van der Waals surface area contributed by atoms with Crippen LogP contribution in [0.4, 0.5) is 17.2 Å². The molecule has 206 valence electrons. The third-order valence-corrected chi connectivity index (χ3v) is 6.33. The lowest BCUT2D eigenvalue weighted by Crippen LogP contribution is -2.49. The number of amides is 1. The second-order valence-electron chi connectivity index (χ2n) is 9.58. The van der Waals surface area contributed by atoms with Crippen LogP contribution in [-0.4, -0.2) is 99.7 Å². The number of pyridine rings is 1. The van der Waals surface area contributed by atoms with Crippen molar-refractivity contribution in [2.45, 2.75) is 19.9 Å². The summed E-state index contributed by atoms with van der Waals surface area (Å²) in [7, 11) is 1.65. The minimum atomic E-state index is 0.0260. The number of anilines is 3. The highest BCUT2D eigenvalue weighted by Crippen LogP contribution is 2.25. The number of rotatable bonds is 14. The van der Waals surface area contributed by atoms with Crippen molar-refractivity contribution >= 4 is 34.0 Å². The average Bonchev–Trinajstić information content (AvgIpc) is 3.35. The lowest BCUT2D eigenvalue weighted by molar-refractivity contribution is 0.0272. The van der Waals surface area contributed by atoms with Gasteiger partial charge in [-0.25, -0.2) is 4.98 Å². The molecule has 1 amide bonds. The van der Waals surface area contributed by atoms with E-state index in [4.69, 9.17) is 14.2 Å². The normalized spacial score (nSPS) is 13.9. The Bertz CT molecular complexity index is 1160. The van der Waals surface area contributed by atoms with Crippen LogP contribution in [0.1, 0.15) is 24.3 Å². The second kappa shape index (κ2) is 14.0. The van der Waals surface area contributed by atoms with Crippen LogP contribution < -0.4 is 15.5 Å². The molecule has 3 aromatic rings. The number of piperazine rings is 1.